The number of rotatable bonds is 5. The van der Waals surface area contributed by atoms with Gasteiger partial charge in [0.25, 0.3) is 0 Å². The summed E-state index contributed by atoms with van der Waals surface area (Å²) in [7, 11) is 0. The van der Waals surface area contributed by atoms with Gasteiger partial charge in [-0.15, -0.1) is 0 Å². The van der Waals surface area contributed by atoms with Gasteiger partial charge in [-0.25, -0.2) is 0 Å². The summed E-state index contributed by atoms with van der Waals surface area (Å²) in [6, 6.07) is 0. The predicted octanol–water partition coefficient (Wildman–Crippen LogP) is 3.41. The van der Waals surface area contributed by atoms with E-state index in [1.54, 1.807) is 0 Å². The van der Waals surface area contributed by atoms with Gasteiger partial charge in [-0.05, 0) is 40.5 Å². The van der Waals surface area contributed by atoms with Gasteiger partial charge in [0.05, 0.1) is 12.2 Å². The van der Waals surface area contributed by atoms with E-state index in [4.69, 9.17) is 9.47 Å². The lowest BCUT2D eigenvalue weighted by Gasteiger charge is -2.36. The van der Waals surface area contributed by atoms with Crippen molar-refractivity contribution in [2.24, 2.45) is 5.92 Å². The van der Waals surface area contributed by atoms with Crippen LogP contribution in [0.15, 0.2) is 0 Å². The van der Waals surface area contributed by atoms with E-state index >= 15 is 0 Å². The van der Waals surface area contributed by atoms with Crippen molar-refractivity contribution in [3.63, 3.8) is 0 Å². The zero-order valence-electron chi connectivity index (χ0n) is 10.5. The summed E-state index contributed by atoms with van der Waals surface area (Å²) in [6.45, 7) is 16.9. The SMILES string of the molecule is [CH2]CC(C)(OCC(C)C)OC(C)(C)C. The van der Waals surface area contributed by atoms with E-state index in [1.807, 2.05) is 27.7 Å². The maximum atomic E-state index is 5.84. The third-order valence-electron chi connectivity index (χ3n) is 1.70. The largest absolute Gasteiger partial charge is 0.350 e. The summed E-state index contributed by atoms with van der Waals surface area (Å²) >= 11 is 0. The van der Waals surface area contributed by atoms with E-state index < -0.39 is 5.79 Å². The van der Waals surface area contributed by atoms with Gasteiger partial charge in [0.1, 0.15) is 0 Å². The Bertz CT molecular complexity index is 158. The first kappa shape index (κ1) is 13.9. The van der Waals surface area contributed by atoms with Crippen LogP contribution < -0.4 is 0 Å². The van der Waals surface area contributed by atoms with Gasteiger partial charge in [0.15, 0.2) is 5.79 Å². The molecule has 1 atom stereocenters. The fourth-order valence-electron chi connectivity index (χ4n) is 1.14. The predicted molar refractivity (Wildman–Crippen MR) is 60.0 cm³/mol. The molecule has 0 aliphatic carbocycles. The summed E-state index contributed by atoms with van der Waals surface area (Å²) < 4.78 is 11.6. The second kappa shape index (κ2) is 5.13. The van der Waals surface area contributed by atoms with E-state index in [1.165, 1.54) is 0 Å². The Morgan fingerprint density at radius 1 is 1.14 bits per heavy atom. The van der Waals surface area contributed by atoms with Crippen LogP contribution in [-0.2, 0) is 9.47 Å². The number of ether oxygens (including phenoxy) is 2. The van der Waals surface area contributed by atoms with Crippen LogP contribution in [0.1, 0.15) is 48.0 Å². The molecular formula is C12H25O2. The lowest BCUT2D eigenvalue weighted by Crippen LogP contribution is -2.40. The van der Waals surface area contributed by atoms with E-state index in [0.717, 1.165) is 0 Å². The van der Waals surface area contributed by atoms with Crippen molar-refractivity contribution >= 4 is 0 Å². The van der Waals surface area contributed by atoms with Gasteiger partial charge in [-0.1, -0.05) is 13.8 Å². The summed E-state index contributed by atoms with van der Waals surface area (Å²) in [5, 5.41) is 0. The van der Waals surface area contributed by atoms with Crippen molar-refractivity contribution in [1.29, 1.82) is 0 Å². The quantitative estimate of drug-likeness (QED) is 0.635. The smallest absolute Gasteiger partial charge is 0.166 e. The van der Waals surface area contributed by atoms with Crippen LogP contribution in [0.25, 0.3) is 0 Å². The van der Waals surface area contributed by atoms with Crippen LogP contribution >= 0.6 is 0 Å². The Kier molecular flexibility index (Phi) is 5.10. The zero-order valence-corrected chi connectivity index (χ0v) is 10.5. The van der Waals surface area contributed by atoms with E-state index in [-0.39, 0.29) is 5.60 Å². The molecule has 0 N–H and O–H groups in total. The summed E-state index contributed by atoms with van der Waals surface area (Å²) in [5.41, 5.74) is -0.191. The molecule has 0 amide bonds. The maximum absolute atomic E-state index is 5.84. The van der Waals surface area contributed by atoms with E-state index in [9.17, 15) is 0 Å². The molecule has 0 aromatic heterocycles. The van der Waals surface area contributed by atoms with Crippen LogP contribution in [0.4, 0.5) is 0 Å². The summed E-state index contributed by atoms with van der Waals surface area (Å²) in [6.07, 6.45) is 0.622. The standard InChI is InChI=1S/C12H25O2/c1-8-12(7,13-9-10(2)3)14-11(4,5)6/h10H,1,8-9H2,2-7H3. The van der Waals surface area contributed by atoms with Gasteiger partial charge < -0.3 is 9.47 Å². The van der Waals surface area contributed by atoms with Crippen LogP contribution in [0, 0.1) is 12.8 Å². The third-order valence-corrected chi connectivity index (χ3v) is 1.70. The van der Waals surface area contributed by atoms with Crippen molar-refractivity contribution in [3.8, 4) is 0 Å². The molecule has 0 saturated heterocycles. The first-order valence-electron chi connectivity index (χ1n) is 5.32. The lowest BCUT2D eigenvalue weighted by molar-refractivity contribution is -0.269. The van der Waals surface area contributed by atoms with Crippen molar-refractivity contribution in [2.45, 2.75) is 59.4 Å². The molecule has 2 nitrogen and oxygen atoms in total. The normalized spacial score (nSPS) is 17.1. The molecule has 2 heteroatoms. The second-order valence-electron chi connectivity index (χ2n) is 5.30. The summed E-state index contributed by atoms with van der Waals surface area (Å²) in [4.78, 5) is 0. The molecule has 0 aromatic rings. The Balaban J connectivity index is 4.18. The lowest BCUT2D eigenvalue weighted by atomic mass is 10.1. The van der Waals surface area contributed by atoms with E-state index in [2.05, 4.69) is 20.8 Å². The molecule has 0 heterocycles. The Labute approximate surface area is 89.0 Å². The zero-order chi connectivity index (χ0) is 11.4. The summed E-state index contributed by atoms with van der Waals surface area (Å²) in [5.74, 6) is -0.0351. The molecule has 0 bridgehead atoms. The first-order chi connectivity index (χ1) is 6.18. The average Bonchev–Trinajstić information content (AvgIpc) is 1.98. The van der Waals surface area contributed by atoms with Crippen LogP contribution in [-0.4, -0.2) is 18.0 Å². The topological polar surface area (TPSA) is 18.5 Å². The fraction of sp³-hybridized carbons (Fsp3) is 0.917. The highest BCUT2D eigenvalue weighted by Crippen LogP contribution is 2.24. The van der Waals surface area contributed by atoms with Crippen molar-refractivity contribution < 1.29 is 9.47 Å². The third kappa shape index (κ3) is 6.39. The molecule has 0 saturated carbocycles. The minimum Gasteiger partial charge on any atom is -0.350 e. The Hall–Kier alpha value is -0.0800. The highest BCUT2D eigenvalue weighted by molar-refractivity contribution is 4.71. The van der Waals surface area contributed by atoms with Crippen LogP contribution in [0.5, 0.6) is 0 Å². The maximum Gasteiger partial charge on any atom is 0.166 e. The number of hydrogen-bond donors (Lipinski definition) is 0. The van der Waals surface area contributed by atoms with E-state index in [0.29, 0.717) is 18.9 Å². The highest BCUT2D eigenvalue weighted by atomic mass is 16.7. The highest BCUT2D eigenvalue weighted by Gasteiger charge is 2.29. The molecule has 1 radical (unpaired) electrons. The molecule has 0 aliphatic heterocycles. The molecule has 14 heavy (non-hydrogen) atoms. The molecule has 0 rings (SSSR count). The second-order valence-corrected chi connectivity index (χ2v) is 5.30. The molecule has 85 valence electrons. The van der Waals surface area contributed by atoms with Gasteiger partial charge in [-0.3, -0.25) is 0 Å². The van der Waals surface area contributed by atoms with Crippen LogP contribution in [0.3, 0.4) is 0 Å². The van der Waals surface area contributed by atoms with Crippen molar-refractivity contribution in [1.82, 2.24) is 0 Å². The van der Waals surface area contributed by atoms with Gasteiger partial charge >= 0.3 is 0 Å². The average molecular weight is 201 g/mol. The van der Waals surface area contributed by atoms with Gasteiger partial charge in [-0.2, -0.15) is 0 Å². The fourth-order valence-corrected chi connectivity index (χ4v) is 1.14. The van der Waals surface area contributed by atoms with Crippen molar-refractivity contribution in [2.75, 3.05) is 6.61 Å². The van der Waals surface area contributed by atoms with Crippen LogP contribution in [0.2, 0.25) is 0 Å². The molecule has 0 fully saturated rings. The molecule has 1 unspecified atom stereocenters. The first-order valence-corrected chi connectivity index (χ1v) is 5.32. The molecule has 0 aromatic carbocycles. The minimum atomic E-state index is -0.553. The monoisotopic (exact) mass is 201 g/mol. The molecule has 0 spiro atoms. The number of hydrogen-bond acceptors (Lipinski definition) is 2. The van der Waals surface area contributed by atoms with Crippen molar-refractivity contribution in [3.05, 3.63) is 6.92 Å². The van der Waals surface area contributed by atoms with Gasteiger partial charge in [0.2, 0.25) is 0 Å². The Morgan fingerprint density at radius 3 is 1.93 bits per heavy atom. The minimum absolute atomic E-state index is 0.191. The Morgan fingerprint density at radius 2 is 1.64 bits per heavy atom. The molecule has 0 aliphatic rings. The van der Waals surface area contributed by atoms with Gasteiger partial charge in [0, 0.05) is 6.42 Å². The molecular weight excluding hydrogens is 176 g/mol.